The quantitative estimate of drug-likeness (QED) is 0.842. The highest BCUT2D eigenvalue weighted by molar-refractivity contribution is 5.89. The van der Waals surface area contributed by atoms with E-state index in [0.717, 1.165) is 19.4 Å². The third-order valence-electron chi connectivity index (χ3n) is 3.30. The lowest BCUT2D eigenvalue weighted by molar-refractivity contribution is -0.118. The number of ketones is 1. The summed E-state index contributed by atoms with van der Waals surface area (Å²) in [4.78, 5) is 23.2. The molecule has 0 saturated carbocycles. The molecule has 102 valence electrons. The van der Waals surface area contributed by atoms with Gasteiger partial charge in [0, 0.05) is 6.42 Å². The largest absolute Gasteiger partial charge is 0.457 e. The Morgan fingerprint density at radius 1 is 1.32 bits per heavy atom. The smallest absolute Gasteiger partial charge is 0.338 e. The third-order valence-corrected chi connectivity index (χ3v) is 3.30. The van der Waals surface area contributed by atoms with Crippen molar-refractivity contribution in [1.82, 2.24) is 5.32 Å². The van der Waals surface area contributed by atoms with E-state index in [9.17, 15) is 9.59 Å². The number of piperidine rings is 1. The molecule has 1 aromatic carbocycles. The van der Waals surface area contributed by atoms with Crippen LogP contribution >= 0.6 is 0 Å². The Balaban J connectivity index is 1.99. The fourth-order valence-corrected chi connectivity index (χ4v) is 2.36. The van der Waals surface area contributed by atoms with Gasteiger partial charge in [-0.2, -0.15) is 0 Å². The molecule has 2 unspecified atom stereocenters. The van der Waals surface area contributed by atoms with Crippen molar-refractivity contribution in [2.45, 2.75) is 38.3 Å². The SMILES string of the molecule is CC(=O)CC1NCCCC1OC(=O)c1ccccc1. The van der Waals surface area contributed by atoms with E-state index in [1.165, 1.54) is 0 Å². The number of hydrogen-bond donors (Lipinski definition) is 1. The van der Waals surface area contributed by atoms with Gasteiger partial charge in [-0.3, -0.25) is 4.79 Å². The zero-order valence-electron chi connectivity index (χ0n) is 11.1. The van der Waals surface area contributed by atoms with Crippen molar-refractivity contribution >= 4 is 11.8 Å². The van der Waals surface area contributed by atoms with Crippen molar-refractivity contribution in [3.8, 4) is 0 Å². The van der Waals surface area contributed by atoms with Crippen molar-refractivity contribution in [3.63, 3.8) is 0 Å². The van der Waals surface area contributed by atoms with Crippen LogP contribution in [-0.4, -0.2) is 30.4 Å². The summed E-state index contributed by atoms with van der Waals surface area (Å²) in [7, 11) is 0. The number of nitrogens with one attached hydrogen (secondary N) is 1. The van der Waals surface area contributed by atoms with E-state index in [-0.39, 0.29) is 23.9 Å². The first kappa shape index (κ1) is 13.7. The Labute approximate surface area is 113 Å². The summed E-state index contributed by atoms with van der Waals surface area (Å²) in [6.07, 6.45) is 1.96. The van der Waals surface area contributed by atoms with E-state index in [4.69, 9.17) is 4.74 Å². The molecule has 1 aromatic rings. The number of esters is 1. The predicted octanol–water partition coefficient (Wildman–Crippen LogP) is 1.94. The number of carbonyl (C=O) groups is 2. The van der Waals surface area contributed by atoms with Gasteiger partial charge >= 0.3 is 5.97 Å². The molecular formula is C15H19NO3. The van der Waals surface area contributed by atoms with Gasteiger partial charge in [0.05, 0.1) is 11.6 Å². The van der Waals surface area contributed by atoms with Gasteiger partial charge in [-0.15, -0.1) is 0 Å². The van der Waals surface area contributed by atoms with Crippen LogP contribution in [0.25, 0.3) is 0 Å². The van der Waals surface area contributed by atoms with Crippen LogP contribution in [0.15, 0.2) is 30.3 Å². The molecule has 0 bridgehead atoms. The summed E-state index contributed by atoms with van der Waals surface area (Å²) < 4.78 is 5.54. The monoisotopic (exact) mass is 261 g/mol. The minimum Gasteiger partial charge on any atom is -0.457 e. The van der Waals surface area contributed by atoms with Gasteiger partial charge in [0.1, 0.15) is 11.9 Å². The average molecular weight is 261 g/mol. The second-order valence-corrected chi connectivity index (χ2v) is 4.92. The molecule has 1 aliphatic rings. The molecule has 0 amide bonds. The van der Waals surface area contributed by atoms with Gasteiger partial charge in [0.15, 0.2) is 0 Å². The second kappa shape index (κ2) is 6.48. The Hall–Kier alpha value is -1.68. The molecule has 19 heavy (non-hydrogen) atoms. The van der Waals surface area contributed by atoms with Gasteiger partial charge in [-0.05, 0) is 38.4 Å². The van der Waals surface area contributed by atoms with E-state index < -0.39 is 0 Å². The number of hydrogen-bond acceptors (Lipinski definition) is 4. The van der Waals surface area contributed by atoms with Crippen LogP contribution in [0.4, 0.5) is 0 Å². The molecule has 2 atom stereocenters. The molecule has 0 radical (unpaired) electrons. The number of ether oxygens (including phenoxy) is 1. The molecule has 0 aromatic heterocycles. The molecule has 4 heteroatoms. The maximum absolute atomic E-state index is 12.0. The first-order valence-corrected chi connectivity index (χ1v) is 6.65. The average Bonchev–Trinajstić information content (AvgIpc) is 2.41. The summed E-state index contributed by atoms with van der Waals surface area (Å²) in [5.41, 5.74) is 0.551. The van der Waals surface area contributed by atoms with Crippen molar-refractivity contribution in [2.24, 2.45) is 0 Å². The Bertz CT molecular complexity index is 444. The van der Waals surface area contributed by atoms with Crippen LogP contribution in [0.1, 0.15) is 36.5 Å². The van der Waals surface area contributed by atoms with Crippen LogP contribution in [0.3, 0.4) is 0 Å². The molecule has 1 saturated heterocycles. The number of carbonyl (C=O) groups excluding carboxylic acids is 2. The van der Waals surface area contributed by atoms with E-state index >= 15 is 0 Å². The van der Waals surface area contributed by atoms with Gasteiger partial charge in [0.2, 0.25) is 0 Å². The van der Waals surface area contributed by atoms with Crippen LogP contribution in [0.2, 0.25) is 0 Å². The topological polar surface area (TPSA) is 55.4 Å². The Morgan fingerprint density at radius 3 is 2.74 bits per heavy atom. The molecule has 1 heterocycles. The van der Waals surface area contributed by atoms with Crippen LogP contribution in [-0.2, 0) is 9.53 Å². The third kappa shape index (κ3) is 3.89. The lowest BCUT2D eigenvalue weighted by Crippen LogP contribution is -2.47. The summed E-state index contributed by atoms with van der Waals surface area (Å²) in [5, 5.41) is 3.26. The molecule has 0 spiro atoms. The maximum Gasteiger partial charge on any atom is 0.338 e. The lowest BCUT2D eigenvalue weighted by atomic mass is 9.97. The molecular weight excluding hydrogens is 242 g/mol. The molecule has 1 fully saturated rings. The molecule has 4 nitrogen and oxygen atoms in total. The zero-order chi connectivity index (χ0) is 13.7. The fourth-order valence-electron chi connectivity index (χ4n) is 2.36. The van der Waals surface area contributed by atoms with E-state index in [2.05, 4.69) is 5.32 Å². The van der Waals surface area contributed by atoms with Gasteiger partial charge in [-0.1, -0.05) is 18.2 Å². The molecule has 0 aliphatic carbocycles. The standard InChI is InChI=1S/C15H19NO3/c1-11(17)10-13-14(8-5-9-16-13)19-15(18)12-6-3-2-4-7-12/h2-4,6-7,13-14,16H,5,8-10H2,1H3. The van der Waals surface area contributed by atoms with Gasteiger partial charge in [-0.25, -0.2) is 4.79 Å². The second-order valence-electron chi connectivity index (χ2n) is 4.92. The van der Waals surface area contributed by atoms with E-state index in [1.807, 2.05) is 18.2 Å². The first-order valence-electron chi connectivity index (χ1n) is 6.65. The first-order chi connectivity index (χ1) is 9.16. The highest BCUT2D eigenvalue weighted by Crippen LogP contribution is 2.17. The summed E-state index contributed by atoms with van der Waals surface area (Å²) in [5.74, 6) is -0.206. The maximum atomic E-state index is 12.0. The highest BCUT2D eigenvalue weighted by Gasteiger charge is 2.29. The van der Waals surface area contributed by atoms with Crippen LogP contribution in [0, 0.1) is 0 Å². The van der Waals surface area contributed by atoms with Gasteiger partial charge < -0.3 is 10.1 Å². The minimum absolute atomic E-state index is 0.0566. The fraction of sp³-hybridized carbons (Fsp3) is 0.467. The molecule has 1 aliphatic heterocycles. The predicted molar refractivity (Wildman–Crippen MR) is 72.0 cm³/mol. The van der Waals surface area contributed by atoms with Crippen LogP contribution < -0.4 is 5.32 Å². The Kier molecular flexibility index (Phi) is 4.68. The van der Waals surface area contributed by atoms with Crippen molar-refractivity contribution in [2.75, 3.05) is 6.54 Å². The van der Waals surface area contributed by atoms with Gasteiger partial charge in [0.25, 0.3) is 0 Å². The lowest BCUT2D eigenvalue weighted by Gasteiger charge is -2.31. The van der Waals surface area contributed by atoms with Crippen LogP contribution in [0.5, 0.6) is 0 Å². The highest BCUT2D eigenvalue weighted by atomic mass is 16.5. The Morgan fingerprint density at radius 2 is 2.05 bits per heavy atom. The molecule has 2 rings (SSSR count). The minimum atomic E-state index is -0.317. The van der Waals surface area contributed by atoms with Crippen molar-refractivity contribution in [3.05, 3.63) is 35.9 Å². The number of benzene rings is 1. The summed E-state index contributed by atoms with van der Waals surface area (Å²) in [6.45, 7) is 2.43. The van der Waals surface area contributed by atoms with Crippen molar-refractivity contribution in [1.29, 1.82) is 0 Å². The van der Waals surface area contributed by atoms with E-state index in [0.29, 0.717) is 12.0 Å². The van der Waals surface area contributed by atoms with Crippen molar-refractivity contribution < 1.29 is 14.3 Å². The summed E-state index contributed by atoms with van der Waals surface area (Å²) >= 11 is 0. The summed E-state index contributed by atoms with van der Waals surface area (Å²) in [6, 6.07) is 8.89. The molecule has 1 N–H and O–H groups in total. The van der Waals surface area contributed by atoms with E-state index in [1.54, 1.807) is 19.1 Å². The number of Topliss-reactive ketones (excluding diaryl/α,β-unsaturated/α-hetero) is 1. The number of rotatable bonds is 4. The normalized spacial score (nSPS) is 22.8. The zero-order valence-corrected chi connectivity index (χ0v) is 11.1.